The van der Waals surface area contributed by atoms with Crippen LogP contribution in [-0.4, -0.2) is 22.4 Å². The molecule has 0 saturated heterocycles. The Morgan fingerprint density at radius 2 is 2.21 bits per heavy atom. The molecule has 1 aromatic rings. The van der Waals surface area contributed by atoms with E-state index in [9.17, 15) is 4.79 Å². The van der Waals surface area contributed by atoms with E-state index >= 15 is 0 Å². The highest BCUT2D eigenvalue weighted by Gasteiger charge is 2.21. The zero-order valence-electron chi connectivity index (χ0n) is 11.1. The second-order valence-corrected chi connectivity index (χ2v) is 7.62. The number of carbonyl (C=O) groups is 1. The van der Waals surface area contributed by atoms with Crippen LogP contribution in [0, 0.1) is 5.92 Å². The van der Waals surface area contributed by atoms with Crippen LogP contribution in [0.3, 0.4) is 0 Å². The van der Waals surface area contributed by atoms with Crippen LogP contribution >= 0.6 is 23.1 Å². The SMILES string of the molecule is O=C(CSCC1CC1)NCc1nc2c(s1)CCCC2. The molecule has 1 heterocycles. The summed E-state index contributed by atoms with van der Waals surface area (Å²) in [6.45, 7) is 0.612. The third-order valence-corrected chi connectivity index (χ3v) is 5.94. The summed E-state index contributed by atoms with van der Waals surface area (Å²) in [6.07, 6.45) is 7.58. The van der Waals surface area contributed by atoms with Gasteiger partial charge in [0.15, 0.2) is 0 Å². The Labute approximate surface area is 122 Å². The smallest absolute Gasteiger partial charge is 0.230 e. The van der Waals surface area contributed by atoms with E-state index in [-0.39, 0.29) is 5.91 Å². The van der Waals surface area contributed by atoms with Crippen LogP contribution in [0.5, 0.6) is 0 Å². The predicted molar refractivity (Wildman–Crippen MR) is 80.7 cm³/mol. The summed E-state index contributed by atoms with van der Waals surface area (Å²) in [5.41, 5.74) is 1.28. The van der Waals surface area contributed by atoms with Crippen molar-refractivity contribution < 1.29 is 4.79 Å². The molecule has 5 heteroatoms. The van der Waals surface area contributed by atoms with Crippen LogP contribution < -0.4 is 5.32 Å². The fourth-order valence-corrected chi connectivity index (χ4v) is 4.48. The van der Waals surface area contributed by atoms with Crippen LogP contribution in [-0.2, 0) is 24.2 Å². The molecule has 0 bridgehead atoms. The van der Waals surface area contributed by atoms with Gasteiger partial charge in [0.2, 0.25) is 5.91 Å². The highest BCUT2D eigenvalue weighted by atomic mass is 32.2. The molecule has 1 aromatic heterocycles. The average Bonchev–Trinajstić information content (AvgIpc) is 3.14. The highest BCUT2D eigenvalue weighted by molar-refractivity contribution is 7.99. The third-order valence-electron chi connectivity index (χ3n) is 3.61. The van der Waals surface area contributed by atoms with Crippen molar-refractivity contribution in [2.24, 2.45) is 5.92 Å². The topological polar surface area (TPSA) is 42.0 Å². The number of aromatic nitrogens is 1. The van der Waals surface area contributed by atoms with Crippen molar-refractivity contribution in [1.82, 2.24) is 10.3 Å². The van der Waals surface area contributed by atoms with Crippen molar-refractivity contribution in [2.45, 2.75) is 45.1 Å². The second-order valence-electron chi connectivity index (χ2n) is 5.42. The lowest BCUT2D eigenvalue weighted by Crippen LogP contribution is -2.24. The number of nitrogens with zero attached hydrogens (tertiary/aromatic N) is 1. The van der Waals surface area contributed by atoms with Crippen LogP contribution in [0.25, 0.3) is 0 Å². The van der Waals surface area contributed by atoms with Gasteiger partial charge in [-0.2, -0.15) is 11.8 Å². The van der Waals surface area contributed by atoms with E-state index in [1.165, 1.54) is 42.7 Å². The van der Waals surface area contributed by atoms with E-state index < -0.39 is 0 Å². The third kappa shape index (κ3) is 3.96. The summed E-state index contributed by atoms with van der Waals surface area (Å²) in [4.78, 5) is 17.8. The standard InChI is InChI=1S/C14H20N2OS2/c17-13(9-18-8-10-5-6-10)15-7-14-16-11-3-1-2-4-12(11)19-14/h10H,1-9H2,(H,15,17). The number of nitrogens with one attached hydrogen (secondary N) is 1. The van der Waals surface area contributed by atoms with Gasteiger partial charge in [0.1, 0.15) is 5.01 Å². The van der Waals surface area contributed by atoms with Gasteiger partial charge >= 0.3 is 0 Å². The predicted octanol–water partition coefficient (Wildman–Crippen LogP) is 2.78. The Bertz CT molecular complexity index is 431. The second kappa shape index (κ2) is 6.27. The minimum absolute atomic E-state index is 0.152. The van der Waals surface area contributed by atoms with E-state index in [1.54, 1.807) is 23.1 Å². The van der Waals surface area contributed by atoms with Crippen LogP contribution in [0.15, 0.2) is 0 Å². The summed E-state index contributed by atoms with van der Waals surface area (Å²) in [6, 6.07) is 0. The van der Waals surface area contributed by atoms with Gasteiger partial charge < -0.3 is 5.32 Å². The number of amides is 1. The minimum atomic E-state index is 0.152. The van der Waals surface area contributed by atoms with Gasteiger partial charge in [0, 0.05) is 4.88 Å². The molecule has 1 saturated carbocycles. The number of hydrogen-bond acceptors (Lipinski definition) is 4. The number of thioether (sulfide) groups is 1. The fraction of sp³-hybridized carbons (Fsp3) is 0.714. The molecule has 0 radical (unpaired) electrons. The van der Waals surface area contributed by atoms with Crippen LogP contribution in [0.4, 0.5) is 0 Å². The molecule has 1 fully saturated rings. The summed E-state index contributed by atoms with van der Waals surface area (Å²) in [5.74, 6) is 2.79. The highest BCUT2D eigenvalue weighted by Crippen LogP contribution is 2.32. The molecule has 0 spiro atoms. The number of rotatable bonds is 6. The van der Waals surface area contributed by atoms with Gasteiger partial charge in [-0.1, -0.05) is 0 Å². The van der Waals surface area contributed by atoms with Crippen molar-refractivity contribution in [3.05, 3.63) is 15.6 Å². The molecule has 0 aliphatic heterocycles. The number of carbonyl (C=O) groups excluding carboxylic acids is 1. The molecule has 104 valence electrons. The average molecular weight is 296 g/mol. The lowest BCUT2D eigenvalue weighted by atomic mass is 10.0. The van der Waals surface area contributed by atoms with Gasteiger partial charge in [0.25, 0.3) is 0 Å². The molecule has 3 rings (SSSR count). The maximum Gasteiger partial charge on any atom is 0.230 e. The zero-order chi connectivity index (χ0) is 13.1. The largest absolute Gasteiger partial charge is 0.349 e. The first kappa shape index (κ1) is 13.4. The molecular weight excluding hydrogens is 276 g/mol. The molecular formula is C14H20N2OS2. The molecule has 1 amide bonds. The van der Waals surface area contributed by atoms with E-state index in [0.29, 0.717) is 12.3 Å². The number of aryl methyl sites for hydroxylation is 2. The van der Waals surface area contributed by atoms with Gasteiger partial charge in [-0.3, -0.25) is 4.79 Å². The molecule has 2 aliphatic carbocycles. The molecule has 0 unspecified atom stereocenters. The zero-order valence-corrected chi connectivity index (χ0v) is 12.7. The van der Waals surface area contributed by atoms with E-state index in [2.05, 4.69) is 10.3 Å². The maximum atomic E-state index is 11.7. The van der Waals surface area contributed by atoms with Crippen molar-refractivity contribution in [1.29, 1.82) is 0 Å². The van der Waals surface area contributed by atoms with Crippen molar-refractivity contribution in [3.63, 3.8) is 0 Å². The lowest BCUT2D eigenvalue weighted by molar-refractivity contribution is -0.118. The molecule has 0 aromatic carbocycles. The summed E-state index contributed by atoms with van der Waals surface area (Å²) in [7, 11) is 0. The number of hydrogen-bond donors (Lipinski definition) is 1. The fourth-order valence-electron chi connectivity index (χ4n) is 2.31. The van der Waals surface area contributed by atoms with Crippen LogP contribution in [0.1, 0.15) is 41.3 Å². The first-order valence-corrected chi connectivity index (χ1v) is 9.10. The first-order valence-electron chi connectivity index (χ1n) is 7.13. The summed E-state index contributed by atoms with van der Waals surface area (Å²) >= 11 is 3.55. The summed E-state index contributed by atoms with van der Waals surface area (Å²) < 4.78 is 0. The molecule has 1 N–H and O–H groups in total. The van der Waals surface area contributed by atoms with Crippen molar-refractivity contribution in [3.8, 4) is 0 Å². The Morgan fingerprint density at radius 1 is 1.37 bits per heavy atom. The summed E-state index contributed by atoms with van der Waals surface area (Å²) in [5, 5.41) is 4.07. The molecule has 19 heavy (non-hydrogen) atoms. The monoisotopic (exact) mass is 296 g/mol. The lowest BCUT2D eigenvalue weighted by Gasteiger charge is -2.06. The van der Waals surface area contributed by atoms with E-state index in [1.807, 2.05) is 0 Å². The van der Waals surface area contributed by atoms with Crippen molar-refractivity contribution >= 4 is 29.0 Å². The Morgan fingerprint density at radius 3 is 3.00 bits per heavy atom. The van der Waals surface area contributed by atoms with E-state index in [4.69, 9.17) is 0 Å². The van der Waals surface area contributed by atoms with Gasteiger partial charge in [0.05, 0.1) is 18.0 Å². The minimum Gasteiger partial charge on any atom is -0.349 e. The first-order chi connectivity index (χ1) is 9.31. The van der Waals surface area contributed by atoms with Gasteiger partial charge in [-0.15, -0.1) is 11.3 Å². The quantitative estimate of drug-likeness (QED) is 0.877. The number of thiazole rings is 1. The molecule has 0 atom stereocenters. The Kier molecular flexibility index (Phi) is 4.43. The number of fused-ring (bicyclic) bond motifs is 1. The van der Waals surface area contributed by atoms with Crippen molar-refractivity contribution in [2.75, 3.05) is 11.5 Å². The Hall–Kier alpha value is -0.550. The Balaban J connectivity index is 1.40. The molecule has 3 nitrogen and oxygen atoms in total. The maximum absolute atomic E-state index is 11.7. The van der Waals surface area contributed by atoms with Crippen LogP contribution in [0.2, 0.25) is 0 Å². The van der Waals surface area contributed by atoms with Gasteiger partial charge in [-0.25, -0.2) is 4.98 Å². The van der Waals surface area contributed by atoms with E-state index in [0.717, 1.165) is 23.1 Å². The van der Waals surface area contributed by atoms with Gasteiger partial charge in [-0.05, 0) is 50.2 Å². The normalized spacial score (nSPS) is 18.1. The molecule has 2 aliphatic rings.